The lowest BCUT2D eigenvalue weighted by atomic mass is 9.93. The normalized spacial score (nSPS) is 23.2. The number of hydrogen-bond acceptors (Lipinski definition) is 2. The third-order valence-corrected chi connectivity index (χ3v) is 3.66. The number of aliphatic carboxylic acids is 1. The summed E-state index contributed by atoms with van der Waals surface area (Å²) in [4.78, 5) is 25.1. The Morgan fingerprint density at radius 3 is 2.37 bits per heavy atom. The quantitative estimate of drug-likeness (QED) is 0.908. The molecule has 1 aliphatic rings. The Morgan fingerprint density at radius 1 is 1.32 bits per heavy atom. The van der Waals surface area contributed by atoms with Crippen molar-refractivity contribution in [3.63, 3.8) is 0 Å². The van der Waals surface area contributed by atoms with Crippen LogP contribution in [0.3, 0.4) is 0 Å². The topological polar surface area (TPSA) is 57.6 Å². The van der Waals surface area contributed by atoms with Gasteiger partial charge in [-0.15, -0.1) is 0 Å². The minimum atomic E-state index is -0.901. The largest absolute Gasteiger partial charge is 0.481 e. The molecule has 0 saturated carbocycles. The molecule has 0 spiro atoms. The summed E-state index contributed by atoms with van der Waals surface area (Å²) in [7, 11) is 0. The Balaban J connectivity index is 2.43. The molecular formula is C15H19NO3. The van der Waals surface area contributed by atoms with Gasteiger partial charge in [-0.1, -0.05) is 29.8 Å². The van der Waals surface area contributed by atoms with Crippen LogP contribution in [0.4, 0.5) is 0 Å². The molecule has 4 heteroatoms. The molecule has 1 saturated heterocycles. The molecule has 2 unspecified atom stereocenters. The number of carbonyl (C=O) groups excluding carboxylic acids is 1. The van der Waals surface area contributed by atoms with Crippen molar-refractivity contribution < 1.29 is 14.7 Å². The summed E-state index contributed by atoms with van der Waals surface area (Å²) in [5.74, 6) is -1.63. The van der Waals surface area contributed by atoms with Crippen LogP contribution >= 0.6 is 0 Å². The highest BCUT2D eigenvalue weighted by molar-refractivity contribution is 5.87. The number of carboxylic acid groups (broad SMARTS) is 1. The molecule has 2 rings (SSSR count). The van der Waals surface area contributed by atoms with Crippen LogP contribution in [0.15, 0.2) is 24.3 Å². The molecule has 0 aliphatic carbocycles. The van der Waals surface area contributed by atoms with E-state index in [-0.39, 0.29) is 24.4 Å². The zero-order valence-corrected chi connectivity index (χ0v) is 11.5. The highest BCUT2D eigenvalue weighted by atomic mass is 16.4. The molecule has 19 heavy (non-hydrogen) atoms. The third-order valence-electron chi connectivity index (χ3n) is 3.66. The molecule has 0 aromatic heterocycles. The number of benzene rings is 1. The van der Waals surface area contributed by atoms with Crippen LogP contribution in [-0.2, 0) is 9.59 Å². The molecule has 1 aromatic carbocycles. The first-order valence-electron chi connectivity index (χ1n) is 6.52. The van der Waals surface area contributed by atoms with E-state index in [1.165, 1.54) is 0 Å². The van der Waals surface area contributed by atoms with Gasteiger partial charge in [-0.2, -0.15) is 0 Å². The van der Waals surface area contributed by atoms with Crippen LogP contribution in [0.5, 0.6) is 0 Å². The van der Waals surface area contributed by atoms with E-state index in [2.05, 4.69) is 0 Å². The summed E-state index contributed by atoms with van der Waals surface area (Å²) < 4.78 is 0. The van der Waals surface area contributed by atoms with E-state index in [1.807, 2.05) is 45.0 Å². The first-order valence-corrected chi connectivity index (χ1v) is 6.52. The van der Waals surface area contributed by atoms with E-state index in [0.29, 0.717) is 0 Å². The smallest absolute Gasteiger partial charge is 0.309 e. The number of likely N-dealkylation sites (tertiary alicyclic amines) is 1. The molecule has 1 aromatic rings. The number of carboxylic acids is 1. The molecule has 102 valence electrons. The third kappa shape index (κ3) is 2.48. The summed E-state index contributed by atoms with van der Waals surface area (Å²) in [6.45, 7) is 5.82. The van der Waals surface area contributed by atoms with E-state index in [9.17, 15) is 14.7 Å². The molecule has 0 radical (unpaired) electrons. The van der Waals surface area contributed by atoms with Crippen LogP contribution in [0, 0.1) is 12.8 Å². The number of nitrogens with zero attached hydrogens (tertiary/aromatic N) is 1. The maximum atomic E-state index is 12.0. The minimum absolute atomic E-state index is 0.00292. The molecule has 4 nitrogen and oxygen atoms in total. The van der Waals surface area contributed by atoms with E-state index >= 15 is 0 Å². The summed E-state index contributed by atoms with van der Waals surface area (Å²) in [6, 6.07) is 7.40. The Hall–Kier alpha value is -1.84. The van der Waals surface area contributed by atoms with Gasteiger partial charge in [0, 0.05) is 12.5 Å². The van der Waals surface area contributed by atoms with Crippen molar-refractivity contribution in [3.05, 3.63) is 35.4 Å². The second-order valence-corrected chi connectivity index (χ2v) is 5.40. The lowest BCUT2D eigenvalue weighted by molar-refractivity contribution is -0.142. The first-order chi connectivity index (χ1) is 8.91. The maximum absolute atomic E-state index is 12.0. The van der Waals surface area contributed by atoms with Gasteiger partial charge in [0.2, 0.25) is 5.91 Å². The van der Waals surface area contributed by atoms with Crippen molar-refractivity contribution in [1.82, 2.24) is 4.90 Å². The van der Waals surface area contributed by atoms with Crippen molar-refractivity contribution in [2.45, 2.75) is 39.3 Å². The van der Waals surface area contributed by atoms with Gasteiger partial charge in [-0.3, -0.25) is 9.59 Å². The predicted molar refractivity (Wildman–Crippen MR) is 71.6 cm³/mol. The Morgan fingerprint density at radius 2 is 1.89 bits per heavy atom. The van der Waals surface area contributed by atoms with Crippen molar-refractivity contribution in [3.8, 4) is 0 Å². The van der Waals surface area contributed by atoms with Crippen molar-refractivity contribution in [1.29, 1.82) is 0 Å². The standard InChI is InChI=1S/C15H19NO3/c1-9(2)16-13(17)8-12(15(18)19)14(16)11-6-4-10(3)5-7-11/h4-7,9,12,14H,8H2,1-3H3,(H,18,19). The molecule has 1 aliphatic heterocycles. The number of amides is 1. The van der Waals surface area contributed by atoms with E-state index in [4.69, 9.17) is 0 Å². The average molecular weight is 261 g/mol. The molecule has 2 atom stereocenters. The molecule has 1 fully saturated rings. The molecule has 1 N–H and O–H groups in total. The first kappa shape index (κ1) is 13.6. The zero-order valence-electron chi connectivity index (χ0n) is 11.5. The van der Waals surface area contributed by atoms with Gasteiger partial charge in [0.15, 0.2) is 0 Å². The number of aryl methyl sites for hydroxylation is 1. The lowest BCUT2D eigenvalue weighted by Crippen LogP contribution is -2.36. The molecule has 1 amide bonds. The van der Waals surface area contributed by atoms with E-state index in [0.717, 1.165) is 11.1 Å². The van der Waals surface area contributed by atoms with E-state index in [1.54, 1.807) is 4.90 Å². The van der Waals surface area contributed by atoms with Crippen LogP contribution in [0.1, 0.15) is 37.4 Å². The van der Waals surface area contributed by atoms with Crippen LogP contribution < -0.4 is 0 Å². The molecule has 1 heterocycles. The summed E-state index contributed by atoms with van der Waals surface area (Å²) in [5.41, 5.74) is 2.02. The highest BCUT2D eigenvalue weighted by Crippen LogP contribution is 2.39. The van der Waals surface area contributed by atoms with Gasteiger partial charge < -0.3 is 10.0 Å². The monoisotopic (exact) mass is 261 g/mol. The van der Waals surface area contributed by atoms with E-state index < -0.39 is 11.9 Å². The number of carbonyl (C=O) groups is 2. The second kappa shape index (κ2) is 5.03. The molecule has 0 bridgehead atoms. The highest BCUT2D eigenvalue weighted by Gasteiger charge is 2.45. The number of hydrogen-bond donors (Lipinski definition) is 1. The van der Waals surface area contributed by atoms with Crippen LogP contribution in [0.2, 0.25) is 0 Å². The van der Waals surface area contributed by atoms with Crippen LogP contribution in [0.25, 0.3) is 0 Å². The van der Waals surface area contributed by atoms with Gasteiger partial charge in [-0.25, -0.2) is 0 Å². The number of rotatable bonds is 3. The van der Waals surface area contributed by atoms with Crippen molar-refractivity contribution in [2.24, 2.45) is 5.92 Å². The Bertz CT molecular complexity index is 493. The van der Waals surface area contributed by atoms with Crippen molar-refractivity contribution >= 4 is 11.9 Å². The summed E-state index contributed by atoms with van der Waals surface area (Å²) in [5, 5.41) is 9.34. The predicted octanol–water partition coefficient (Wildman–Crippen LogP) is 2.38. The Kier molecular flexibility index (Phi) is 3.60. The zero-order chi connectivity index (χ0) is 14.2. The fraction of sp³-hybridized carbons (Fsp3) is 0.467. The average Bonchev–Trinajstić information content (AvgIpc) is 2.68. The lowest BCUT2D eigenvalue weighted by Gasteiger charge is -2.30. The summed E-state index contributed by atoms with van der Waals surface area (Å²) in [6.07, 6.45) is 0.0893. The van der Waals surface area contributed by atoms with Gasteiger partial charge in [0.25, 0.3) is 0 Å². The maximum Gasteiger partial charge on any atom is 0.309 e. The SMILES string of the molecule is Cc1ccc(C2C(C(=O)O)CC(=O)N2C(C)C)cc1. The van der Waals surface area contributed by atoms with Gasteiger partial charge in [0.1, 0.15) is 0 Å². The fourth-order valence-electron chi connectivity index (χ4n) is 2.74. The van der Waals surface area contributed by atoms with Gasteiger partial charge >= 0.3 is 5.97 Å². The Labute approximate surface area is 113 Å². The van der Waals surface area contributed by atoms with Gasteiger partial charge in [-0.05, 0) is 26.3 Å². The fourth-order valence-corrected chi connectivity index (χ4v) is 2.74. The second-order valence-electron chi connectivity index (χ2n) is 5.40. The summed E-state index contributed by atoms with van der Waals surface area (Å²) >= 11 is 0. The van der Waals surface area contributed by atoms with Crippen LogP contribution in [-0.4, -0.2) is 27.9 Å². The molecular weight excluding hydrogens is 242 g/mol. The van der Waals surface area contributed by atoms with Gasteiger partial charge in [0.05, 0.1) is 12.0 Å². The minimum Gasteiger partial charge on any atom is -0.481 e. The van der Waals surface area contributed by atoms with Crippen molar-refractivity contribution in [2.75, 3.05) is 0 Å².